The molecule has 82 valence electrons. The molecule has 0 atom stereocenters. The largest absolute Gasteiger partial charge is 0.361 e. The van der Waals surface area contributed by atoms with E-state index >= 15 is 0 Å². The molecule has 3 nitrogen and oxygen atoms in total. The van der Waals surface area contributed by atoms with Crippen molar-refractivity contribution >= 4 is 23.6 Å². The van der Waals surface area contributed by atoms with Gasteiger partial charge in [-0.05, 0) is 30.5 Å². The first kappa shape index (κ1) is 11.1. The first-order chi connectivity index (χ1) is 7.69. The molecule has 1 aromatic rings. The van der Waals surface area contributed by atoms with Crippen molar-refractivity contribution in [3.63, 3.8) is 0 Å². The molecule has 0 amide bonds. The lowest BCUT2D eigenvalue weighted by molar-refractivity contribution is -0.124. The highest BCUT2D eigenvalue weighted by Gasteiger charge is 2.46. The number of carbonyl (C=O) groups is 1. The third-order valence-corrected chi connectivity index (χ3v) is 3.50. The smallest absolute Gasteiger partial charge is 0.324 e. The van der Waals surface area contributed by atoms with Crippen LogP contribution in [0.2, 0.25) is 5.02 Å². The Morgan fingerprint density at radius 1 is 1.38 bits per heavy atom. The predicted octanol–water partition coefficient (Wildman–Crippen LogP) is 2.63. The fraction of sp³-hybridized carbons (Fsp3) is 0.333. The van der Waals surface area contributed by atoms with E-state index in [1.165, 1.54) is 0 Å². The molecule has 1 aromatic carbocycles. The molecule has 0 N–H and O–H groups in total. The topological polar surface area (TPSA) is 53.5 Å². The van der Waals surface area contributed by atoms with E-state index in [1.807, 2.05) is 12.1 Å². The van der Waals surface area contributed by atoms with Crippen molar-refractivity contribution in [2.45, 2.75) is 24.7 Å². The predicted molar refractivity (Wildman–Crippen MR) is 61.7 cm³/mol. The van der Waals surface area contributed by atoms with Gasteiger partial charge >= 0.3 is 6.21 Å². The molecule has 0 aliphatic heterocycles. The number of carbonyl (C=O) groups excluding carboxylic acids is 1. The third-order valence-electron chi connectivity index (χ3n) is 3.25. The minimum Gasteiger partial charge on any atom is -0.361 e. The number of hydrogen-bond acceptors (Lipinski definition) is 1. The summed E-state index contributed by atoms with van der Waals surface area (Å²) in [5, 5.41) is 0.654. The van der Waals surface area contributed by atoms with E-state index in [0.29, 0.717) is 5.02 Å². The van der Waals surface area contributed by atoms with Crippen LogP contribution in [0, 0.1) is 0 Å². The molecule has 0 radical (unpaired) electrons. The van der Waals surface area contributed by atoms with Crippen LogP contribution < -0.4 is 0 Å². The first-order valence-corrected chi connectivity index (χ1v) is 5.55. The van der Waals surface area contributed by atoms with Crippen molar-refractivity contribution in [3.8, 4) is 0 Å². The average Bonchev–Trinajstić information content (AvgIpc) is 2.19. The van der Waals surface area contributed by atoms with Crippen molar-refractivity contribution < 1.29 is 9.58 Å². The van der Waals surface area contributed by atoms with Crippen molar-refractivity contribution in [1.82, 2.24) is 0 Å². The molecule has 0 spiro atoms. The maximum Gasteiger partial charge on any atom is 0.324 e. The van der Waals surface area contributed by atoms with Gasteiger partial charge in [0.05, 0.1) is 5.41 Å². The minimum atomic E-state index is -0.489. The summed E-state index contributed by atoms with van der Waals surface area (Å²) in [5.74, 6) is -0.136. The maximum atomic E-state index is 11.9. The van der Waals surface area contributed by atoms with E-state index in [1.54, 1.807) is 12.1 Å². The van der Waals surface area contributed by atoms with Crippen molar-refractivity contribution in [1.29, 1.82) is 0 Å². The number of halogens is 1. The van der Waals surface area contributed by atoms with Crippen LogP contribution >= 0.6 is 11.6 Å². The highest BCUT2D eigenvalue weighted by atomic mass is 35.5. The zero-order valence-corrected chi connectivity index (χ0v) is 9.44. The summed E-state index contributed by atoms with van der Waals surface area (Å²) in [7, 11) is 0. The Kier molecular flexibility index (Phi) is 2.90. The SMILES string of the molecule is [N-]=[N+]=CC(=O)C1(c2ccc(Cl)cc2)CCC1. The monoisotopic (exact) mass is 234 g/mol. The number of benzene rings is 1. The second kappa shape index (κ2) is 4.20. The van der Waals surface area contributed by atoms with E-state index < -0.39 is 5.41 Å². The Bertz CT molecular complexity index is 456. The van der Waals surface area contributed by atoms with E-state index in [2.05, 4.69) is 4.79 Å². The Labute approximate surface area is 98.7 Å². The Morgan fingerprint density at radius 3 is 2.44 bits per heavy atom. The Hall–Kier alpha value is -1.44. The number of ketones is 1. The number of nitrogens with zero attached hydrogens (tertiary/aromatic N) is 2. The first-order valence-electron chi connectivity index (χ1n) is 5.17. The molecule has 0 saturated heterocycles. The summed E-state index contributed by atoms with van der Waals surface area (Å²) in [4.78, 5) is 14.7. The molecule has 0 unspecified atom stereocenters. The molecule has 0 aromatic heterocycles. The van der Waals surface area contributed by atoms with Crippen LogP contribution in [-0.4, -0.2) is 16.8 Å². The van der Waals surface area contributed by atoms with Gasteiger partial charge in [-0.3, -0.25) is 4.79 Å². The van der Waals surface area contributed by atoms with Crippen LogP contribution in [0.3, 0.4) is 0 Å². The molecule has 1 saturated carbocycles. The van der Waals surface area contributed by atoms with Gasteiger partial charge in [0.1, 0.15) is 0 Å². The highest BCUT2D eigenvalue weighted by molar-refractivity contribution is 6.31. The lowest BCUT2D eigenvalue weighted by atomic mass is 9.62. The van der Waals surface area contributed by atoms with Crippen LogP contribution in [0.1, 0.15) is 24.8 Å². The molecule has 1 aliphatic carbocycles. The Balaban J connectivity index is 2.38. The second-order valence-corrected chi connectivity index (χ2v) is 4.49. The molecular formula is C12H11ClN2O. The summed E-state index contributed by atoms with van der Waals surface area (Å²) in [6.07, 6.45) is 3.63. The summed E-state index contributed by atoms with van der Waals surface area (Å²) in [6.45, 7) is 0. The van der Waals surface area contributed by atoms with Crippen LogP contribution in [0.5, 0.6) is 0 Å². The maximum absolute atomic E-state index is 11.9. The number of rotatable bonds is 3. The van der Waals surface area contributed by atoms with Gasteiger partial charge in [0.2, 0.25) is 5.78 Å². The van der Waals surface area contributed by atoms with Crippen LogP contribution in [0.15, 0.2) is 24.3 Å². The fourth-order valence-corrected chi connectivity index (χ4v) is 2.28. The number of hydrogen-bond donors (Lipinski definition) is 0. The van der Waals surface area contributed by atoms with Gasteiger partial charge in [0, 0.05) is 5.02 Å². The minimum absolute atomic E-state index is 0.136. The second-order valence-electron chi connectivity index (χ2n) is 4.05. The fourth-order valence-electron chi connectivity index (χ4n) is 2.15. The molecular weight excluding hydrogens is 224 g/mol. The summed E-state index contributed by atoms with van der Waals surface area (Å²) >= 11 is 5.81. The zero-order valence-electron chi connectivity index (χ0n) is 8.69. The lowest BCUT2D eigenvalue weighted by Gasteiger charge is -2.38. The molecule has 1 aliphatic rings. The molecule has 16 heavy (non-hydrogen) atoms. The van der Waals surface area contributed by atoms with E-state index in [4.69, 9.17) is 17.1 Å². The summed E-state index contributed by atoms with van der Waals surface area (Å²) in [5.41, 5.74) is 8.90. The molecule has 4 heteroatoms. The van der Waals surface area contributed by atoms with E-state index in [-0.39, 0.29) is 5.78 Å². The lowest BCUT2D eigenvalue weighted by Crippen LogP contribution is -2.43. The van der Waals surface area contributed by atoms with Crippen LogP contribution in [0.25, 0.3) is 5.53 Å². The van der Waals surface area contributed by atoms with E-state index in [0.717, 1.165) is 31.0 Å². The molecule has 2 rings (SSSR count). The average molecular weight is 235 g/mol. The Morgan fingerprint density at radius 2 is 2.00 bits per heavy atom. The van der Waals surface area contributed by atoms with Crippen LogP contribution in [-0.2, 0) is 10.2 Å². The zero-order chi connectivity index (χ0) is 11.6. The van der Waals surface area contributed by atoms with Gasteiger partial charge in [0.25, 0.3) is 0 Å². The van der Waals surface area contributed by atoms with Crippen LogP contribution in [0.4, 0.5) is 0 Å². The van der Waals surface area contributed by atoms with Crippen molar-refractivity contribution in [3.05, 3.63) is 40.4 Å². The summed E-state index contributed by atoms with van der Waals surface area (Å²) in [6, 6.07) is 7.29. The van der Waals surface area contributed by atoms with Crippen molar-refractivity contribution in [2.24, 2.45) is 0 Å². The molecule has 1 fully saturated rings. The third kappa shape index (κ3) is 1.69. The van der Waals surface area contributed by atoms with Gasteiger partial charge in [-0.15, -0.1) is 0 Å². The van der Waals surface area contributed by atoms with Gasteiger partial charge in [-0.25, -0.2) is 0 Å². The van der Waals surface area contributed by atoms with Gasteiger partial charge in [-0.1, -0.05) is 30.2 Å². The van der Waals surface area contributed by atoms with Gasteiger partial charge in [0.15, 0.2) is 0 Å². The normalized spacial score (nSPS) is 17.1. The highest BCUT2D eigenvalue weighted by Crippen LogP contribution is 2.44. The van der Waals surface area contributed by atoms with E-state index in [9.17, 15) is 4.79 Å². The van der Waals surface area contributed by atoms with Gasteiger partial charge in [-0.2, -0.15) is 4.79 Å². The van der Waals surface area contributed by atoms with Crippen molar-refractivity contribution in [2.75, 3.05) is 0 Å². The standard InChI is InChI=1S/C12H11ClN2O/c13-10-4-2-9(3-5-10)12(6-1-7-12)11(16)8-15-14/h2-5,8H,1,6-7H2. The quantitative estimate of drug-likeness (QED) is 0.451. The molecule has 0 bridgehead atoms. The van der Waals surface area contributed by atoms with Gasteiger partial charge < -0.3 is 5.53 Å². The number of Topliss-reactive ketones (excluding diaryl/α,β-unsaturated/α-hetero) is 1. The summed E-state index contributed by atoms with van der Waals surface area (Å²) < 4.78 is 0. The molecule has 0 heterocycles.